The van der Waals surface area contributed by atoms with Crippen molar-refractivity contribution in [1.29, 1.82) is 0 Å². The molecule has 0 bridgehead atoms. The van der Waals surface area contributed by atoms with Crippen LogP contribution in [0.15, 0.2) is 23.0 Å². The number of allylic oxidation sites excluding steroid dienone is 1. The van der Waals surface area contributed by atoms with E-state index in [4.69, 9.17) is 0 Å². The summed E-state index contributed by atoms with van der Waals surface area (Å²) in [5.41, 5.74) is 1.32. The molecule has 0 radical (unpaired) electrons. The molecule has 4 aliphatic rings. The average Bonchev–Trinajstić information content (AvgIpc) is 3.67. The lowest BCUT2D eigenvalue weighted by molar-refractivity contribution is -0.142. The standard InChI is InChI=1S/C24H31N3O4/c1-2-3-16-8-9-19-21-17(12-26(19)24(16)31)18(13-28)22(23(30)25-11-15-6-7-15)27(21)20(29)10-14-4-5-14/h2-3,8-9,14-15,17-18,21-22,28H,4-7,10-13H2,1H3,(H,25,30)/b3-2-/t17-,18-,21+,22-/m0/s1. The number of nitrogens with one attached hydrogen (secondary N) is 1. The van der Waals surface area contributed by atoms with E-state index in [1.165, 1.54) is 0 Å². The largest absolute Gasteiger partial charge is 0.396 e. The van der Waals surface area contributed by atoms with Crippen molar-refractivity contribution in [2.24, 2.45) is 23.7 Å². The van der Waals surface area contributed by atoms with Crippen LogP contribution in [-0.2, 0) is 16.1 Å². The Hall–Kier alpha value is -2.41. The van der Waals surface area contributed by atoms with Gasteiger partial charge in [-0.2, -0.15) is 0 Å². The van der Waals surface area contributed by atoms with Gasteiger partial charge in [0.05, 0.1) is 6.04 Å². The number of aromatic nitrogens is 1. The summed E-state index contributed by atoms with van der Waals surface area (Å²) in [5, 5.41) is 13.3. The predicted molar refractivity (Wildman–Crippen MR) is 116 cm³/mol. The summed E-state index contributed by atoms with van der Waals surface area (Å²) in [6.45, 7) is 2.75. The second-order valence-corrected chi connectivity index (χ2v) is 9.67. The number of hydrogen-bond acceptors (Lipinski definition) is 4. The highest BCUT2D eigenvalue weighted by atomic mass is 16.3. The number of nitrogens with zero attached hydrogens (tertiary/aromatic N) is 2. The van der Waals surface area contributed by atoms with Crippen molar-refractivity contribution in [3.8, 4) is 0 Å². The van der Waals surface area contributed by atoms with Crippen molar-refractivity contribution >= 4 is 17.9 Å². The third-order valence-electron chi connectivity index (χ3n) is 7.43. The van der Waals surface area contributed by atoms with Gasteiger partial charge in [0.25, 0.3) is 5.56 Å². The second kappa shape index (κ2) is 7.93. The number of aliphatic hydroxyl groups is 1. The van der Waals surface area contributed by atoms with Crippen molar-refractivity contribution in [3.05, 3.63) is 39.8 Å². The smallest absolute Gasteiger partial charge is 0.258 e. The first-order valence-corrected chi connectivity index (χ1v) is 11.6. The fraction of sp³-hybridized carbons (Fsp3) is 0.625. The summed E-state index contributed by atoms with van der Waals surface area (Å²) in [6.07, 6.45) is 8.44. The molecule has 3 heterocycles. The first-order valence-electron chi connectivity index (χ1n) is 11.6. The fourth-order valence-corrected chi connectivity index (χ4v) is 5.44. The summed E-state index contributed by atoms with van der Waals surface area (Å²) in [5.74, 6) is 0.227. The van der Waals surface area contributed by atoms with E-state index in [0.717, 1.165) is 31.4 Å². The third-order valence-corrected chi connectivity index (χ3v) is 7.43. The second-order valence-electron chi connectivity index (χ2n) is 9.67. The Labute approximate surface area is 182 Å². The highest BCUT2D eigenvalue weighted by molar-refractivity contribution is 5.89. The maximum atomic E-state index is 13.4. The van der Waals surface area contributed by atoms with Gasteiger partial charge in [-0.05, 0) is 56.6 Å². The van der Waals surface area contributed by atoms with Gasteiger partial charge in [0.15, 0.2) is 0 Å². The van der Waals surface area contributed by atoms with Gasteiger partial charge in [0, 0.05) is 49.2 Å². The number of carbonyl (C=O) groups excluding carboxylic acids is 2. The van der Waals surface area contributed by atoms with Gasteiger partial charge in [-0.15, -0.1) is 0 Å². The van der Waals surface area contributed by atoms with E-state index in [1.54, 1.807) is 21.6 Å². The van der Waals surface area contributed by atoms with Crippen molar-refractivity contribution in [3.63, 3.8) is 0 Å². The monoisotopic (exact) mass is 425 g/mol. The van der Waals surface area contributed by atoms with E-state index in [2.05, 4.69) is 5.32 Å². The van der Waals surface area contributed by atoms with E-state index in [0.29, 0.717) is 36.9 Å². The van der Waals surface area contributed by atoms with Crippen LogP contribution in [0.1, 0.15) is 56.3 Å². The van der Waals surface area contributed by atoms with Crippen LogP contribution >= 0.6 is 0 Å². The predicted octanol–water partition coefficient (Wildman–Crippen LogP) is 1.70. The molecule has 1 aromatic rings. The van der Waals surface area contributed by atoms with Crippen molar-refractivity contribution in [2.75, 3.05) is 13.2 Å². The van der Waals surface area contributed by atoms with Crippen LogP contribution in [0, 0.1) is 23.7 Å². The molecule has 2 N–H and O–H groups in total. The number of hydrogen-bond donors (Lipinski definition) is 2. The molecule has 2 saturated carbocycles. The summed E-state index contributed by atoms with van der Waals surface area (Å²) in [6, 6.07) is 2.70. The van der Waals surface area contributed by atoms with Crippen LogP contribution in [0.25, 0.3) is 6.08 Å². The van der Waals surface area contributed by atoms with Gasteiger partial charge in [0.1, 0.15) is 6.04 Å². The summed E-state index contributed by atoms with van der Waals surface area (Å²) in [7, 11) is 0. The number of pyridine rings is 1. The Morgan fingerprint density at radius 3 is 2.58 bits per heavy atom. The van der Waals surface area contributed by atoms with E-state index < -0.39 is 6.04 Å². The molecule has 0 unspecified atom stereocenters. The molecule has 2 amide bonds. The minimum Gasteiger partial charge on any atom is -0.396 e. The maximum absolute atomic E-state index is 13.4. The van der Waals surface area contributed by atoms with Crippen LogP contribution in [-0.4, -0.2) is 45.6 Å². The van der Waals surface area contributed by atoms with Crippen molar-refractivity contribution in [1.82, 2.24) is 14.8 Å². The molecular weight excluding hydrogens is 394 g/mol. The molecule has 0 aromatic carbocycles. The number of fused-ring (bicyclic) bond motifs is 3. The van der Waals surface area contributed by atoms with Crippen LogP contribution in [0.3, 0.4) is 0 Å². The van der Waals surface area contributed by atoms with E-state index in [9.17, 15) is 19.5 Å². The van der Waals surface area contributed by atoms with Gasteiger partial charge in [-0.25, -0.2) is 0 Å². The Morgan fingerprint density at radius 1 is 1.19 bits per heavy atom. The molecular formula is C24H31N3O4. The molecule has 7 nitrogen and oxygen atoms in total. The topological polar surface area (TPSA) is 91.6 Å². The molecule has 1 saturated heterocycles. The van der Waals surface area contributed by atoms with Gasteiger partial charge >= 0.3 is 0 Å². The van der Waals surface area contributed by atoms with Crippen LogP contribution < -0.4 is 10.9 Å². The normalized spacial score (nSPS) is 29.3. The zero-order valence-corrected chi connectivity index (χ0v) is 18.0. The summed E-state index contributed by atoms with van der Waals surface area (Å²) in [4.78, 5) is 41.3. The van der Waals surface area contributed by atoms with Gasteiger partial charge in [-0.3, -0.25) is 14.4 Å². The van der Waals surface area contributed by atoms with Crippen molar-refractivity contribution in [2.45, 2.75) is 57.7 Å². The zero-order valence-electron chi connectivity index (χ0n) is 18.0. The van der Waals surface area contributed by atoms with Crippen molar-refractivity contribution < 1.29 is 14.7 Å². The molecule has 5 rings (SSSR count). The number of likely N-dealkylation sites (tertiary alicyclic amines) is 1. The van der Waals surface area contributed by atoms with E-state index in [1.807, 2.05) is 19.1 Å². The third kappa shape index (κ3) is 3.63. The highest BCUT2D eigenvalue weighted by Gasteiger charge is 2.57. The molecule has 166 valence electrons. The Bertz CT molecular complexity index is 976. The molecule has 4 atom stereocenters. The van der Waals surface area contributed by atoms with Crippen LogP contribution in [0.5, 0.6) is 0 Å². The van der Waals surface area contributed by atoms with Crippen LogP contribution in [0.4, 0.5) is 0 Å². The molecule has 1 aromatic heterocycles. The molecule has 3 fully saturated rings. The molecule has 2 aliphatic carbocycles. The number of aliphatic hydroxyl groups excluding tert-OH is 1. The Balaban J connectivity index is 1.51. The SMILES string of the molecule is C/C=C\c1ccc2n(c1=O)C[C@H]1[C@H](CO)[C@@H](C(=O)NCC3CC3)N(C(=O)CC3CC3)[C@@H]21. The number of carbonyl (C=O) groups is 2. The first-order chi connectivity index (χ1) is 15.0. The van der Waals surface area contributed by atoms with Gasteiger partial charge < -0.3 is 19.9 Å². The minimum absolute atomic E-state index is 0.0292. The maximum Gasteiger partial charge on any atom is 0.258 e. The number of rotatable bonds is 7. The molecule has 0 spiro atoms. The number of amides is 2. The molecule has 31 heavy (non-hydrogen) atoms. The lowest BCUT2D eigenvalue weighted by Crippen LogP contribution is -2.50. The minimum atomic E-state index is -0.677. The van der Waals surface area contributed by atoms with Gasteiger partial charge in [0.2, 0.25) is 11.8 Å². The summed E-state index contributed by atoms with van der Waals surface area (Å²) >= 11 is 0. The molecule has 7 heteroatoms. The summed E-state index contributed by atoms with van der Waals surface area (Å²) < 4.78 is 1.74. The lowest BCUT2D eigenvalue weighted by atomic mass is 9.88. The van der Waals surface area contributed by atoms with Gasteiger partial charge in [-0.1, -0.05) is 12.2 Å². The fourth-order valence-electron chi connectivity index (χ4n) is 5.44. The van der Waals surface area contributed by atoms with E-state index >= 15 is 0 Å². The highest BCUT2D eigenvalue weighted by Crippen LogP contribution is 2.50. The lowest BCUT2D eigenvalue weighted by Gasteiger charge is -2.31. The first kappa shape index (κ1) is 20.5. The zero-order chi connectivity index (χ0) is 21.7. The Morgan fingerprint density at radius 2 is 1.94 bits per heavy atom. The average molecular weight is 426 g/mol. The Kier molecular flexibility index (Phi) is 5.24. The molecule has 2 aliphatic heterocycles. The van der Waals surface area contributed by atoms with E-state index in [-0.39, 0.29) is 41.9 Å². The van der Waals surface area contributed by atoms with Crippen LogP contribution in [0.2, 0.25) is 0 Å². The quantitative estimate of drug-likeness (QED) is 0.696.